The Kier molecular flexibility index (Phi) is 4.27. The Bertz CT molecular complexity index is 836. The number of carbonyl (C=O) groups excluding carboxylic acids is 2. The van der Waals surface area contributed by atoms with Crippen molar-refractivity contribution in [1.82, 2.24) is 4.90 Å². The van der Waals surface area contributed by atoms with Crippen LogP contribution in [0.25, 0.3) is 0 Å². The van der Waals surface area contributed by atoms with Crippen molar-refractivity contribution in [2.45, 2.75) is 25.7 Å². The second kappa shape index (κ2) is 6.60. The molecule has 1 fully saturated rings. The average Bonchev–Trinajstić information content (AvgIpc) is 2.68. The molecule has 0 atom stereocenters. The van der Waals surface area contributed by atoms with Gasteiger partial charge in [0, 0.05) is 30.6 Å². The van der Waals surface area contributed by atoms with Crippen molar-refractivity contribution in [1.29, 1.82) is 0 Å². The molecular weight excluding hydrogens is 326 g/mol. The third-order valence-corrected chi connectivity index (χ3v) is 5.85. The van der Waals surface area contributed by atoms with Crippen LogP contribution >= 0.6 is 0 Å². The van der Waals surface area contributed by atoms with Crippen LogP contribution in [0.3, 0.4) is 0 Å². The van der Waals surface area contributed by atoms with Gasteiger partial charge in [0.05, 0.1) is 7.11 Å². The molecule has 1 heterocycles. The number of piperidine rings is 1. The molecule has 0 bridgehead atoms. The summed E-state index contributed by atoms with van der Waals surface area (Å²) in [6.07, 6.45) is 3.23. The van der Waals surface area contributed by atoms with Gasteiger partial charge in [0.2, 0.25) is 0 Å². The zero-order valence-corrected chi connectivity index (χ0v) is 15.0. The summed E-state index contributed by atoms with van der Waals surface area (Å²) in [6, 6.07) is 15.2. The number of fused-ring (bicyclic) bond motifs is 1. The lowest BCUT2D eigenvalue weighted by Gasteiger charge is -2.44. The van der Waals surface area contributed by atoms with Crippen LogP contribution < -0.4 is 4.74 Å². The second-order valence-corrected chi connectivity index (χ2v) is 7.46. The Morgan fingerprint density at radius 2 is 1.77 bits per heavy atom. The third-order valence-electron chi connectivity index (χ3n) is 5.85. The van der Waals surface area contributed by atoms with Gasteiger partial charge in [-0.2, -0.15) is 0 Å². The average molecular weight is 349 g/mol. The summed E-state index contributed by atoms with van der Waals surface area (Å²) in [5, 5.41) is 0. The highest BCUT2D eigenvalue weighted by atomic mass is 16.5. The van der Waals surface area contributed by atoms with Crippen LogP contribution in [0.2, 0.25) is 0 Å². The van der Waals surface area contributed by atoms with Gasteiger partial charge in [0.1, 0.15) is 5.75 Å². The first-order valence-electron chi connectivity index (χ1n) is 9.15. The van der Waals surface area contributed by atoms with E-state index in [1.54, 1.807) is 7.11 Å². The summed E-state index contributed by atoms with van der Waals surface area (Å²) in [6.45, 7) is 1.43. The molecule has 4 nitrogen and oxygen atoms in total. The molecule has 4 rings (SSSR count). The minimum atomic E-state index is -0.00780. The van der Waals surface area contributed by atoms with Crippen molar-refractivity contribution >= 4 is 11.7 Å². The largest absolute Gasteiger partial charge is 0.497 e. The van der Waals surface area contributed by atoms with E-state index in [-0.39, 0.29) is 17.1 Å². The summed E-state index contributed by atoms with van der Waals surface area (Å²) in [5.41, 5.74) is 2.65. The van der Waals surface area contributed by atoms with Gasteiger partial charge in [-0.3, -0.25) is 9.59 Å². The summed E-state index contributed by atoms with van der Waals surface area (Å²) in [4.78, 5) is 27.3. The number of Topliss-reactive ketones (excluding diaryl/α,β-unsaturated/α-hetero) is 1. The van der Waals surface area contributed by atoms with Gasteiger partial charge in [-0.15, -0.1) is 0 Å². The fraction of sp³-hybridized carbons (Fsp3) is 0.364. The van der Waals surface area contributed by atoms with Crippen molar-refractivity contribution < 1.29 is 14.3 Å². The van der Waals surface area contributed by atoms with Crippen LogP contribution in [0.4, 0.5) is 0 Å². The van der Waals surface area contributed by atoms with Gasteiger partial charge in [-0.1, -0.05) is 24.3 Å². The lowest BCUT2D eigenvalue weighted by molar-refractivity contribution is 0.0521. The van der Waals surface area contributed by atoms with Crippen LogP contribution in [0.15, 0.2) is 48.5 Å². The van der Waals surface area contributed by atoms with E-state index in [1.165, 1.54) is 0 Å². The summed E-state index contributed by atoms with van der Waals surface area (Å²) in [5.74, 6) is 1.03. The smallest absolute Gasteiger partial charge is 0.253 e. The molecule has 4 heteroatoms. The Balaban J connectivity index is 1.49. The second-order valence-electron chi connectivity index (χ2n) is 7.46. The SMILES string of the molecule is COc1ccc2c(c1)C(=O)CC1(CCN(C(=O)c3ccccc3)CC1)C2. The minimum absolute atomic E-state index is 0.00780. The summed E-state index contributed by atoms with van der Waals surface area (Å²) < 4.78 is 5.25. The molecule has 0 radical (unpaired) electrons. The first kappa shape index (κ1) is 16.8. The van der Waals surface area contributed by atoms with Gasteiger partial charge < -0.3 is 9.64 Å². The Labute approximate surface area is 153 Å². The molecule has 0 saturated carbocycles. The molecule has 1 aliphatic heterocycles. The molecule has 0 N–H and O–H groups in total. The quantitative estimate of drug-likeness (QED) is 0.830. The lowest BCUT2D eigenvalue weighted by atomic mass is 9.66. The molecule has 0 unspecified atom stereocenters. The van der Waals surface area contributed by atoms with Crippen molar-refractivity contribution in [2.24, 2.45) is 5.41 Å². The van der Waals surface area contributed by atoms with E-state index in [9.17, 15) is 9.59 Å². The van der Waals surface area contributed by atoms with Crippen LogP contribution in [0, 0.1) is 5.41 Å². The zero-order chi connectivity index (χ0) is 18.1. The third kappa shape index (κ3) is 3.00. The van der Waals surface area contributed by atoms with Crippen LogP contribution in [0.1, 0.15) is 45.5 Å². The van der Waals surface area contributed by atoms with Gasteiger partial charge in [0.25, 0.3) is 5.91 Å². The lowest BCUT2D eigenvalue weighted by Crippen LogP contribution is -2.46. The molecule has 26 heavy (non-hydrogen) atoms. The Hall–Kier alpha value is -2.62. The molecule has 1 aliphatic carbocycles. The number of ketones is 1. The predicted octanol–water partition coefficient (Wildman–Crippen LogP) is 3.75. The maximum atomic E-state index is 12.7. The Morgan fingerprint density at radius 1 is 1.04 bits per heavy atom. The molecular formula is C22H23NO3. The number of hydrogen-bond acceptors (Lipinski definition) is 3. The van der Waals surface area contributed by atoms with Gasteiger partial charge in [-0.05, 0) is 54.5 Å². The fourth-order valence-corrected chi connectivity index (χ4v) is 4.30. The molecule has 0 aromatic heterocycles. The molecule has 1 saturated heterocycles. The highest BCUT2D eigenvalue weighted by molar-refractivity contribution is 5.99. The molecule has 1 spiro atoms. The highest BCUT2D eigenvalue weighted by Gasteiger charge is 2.41. The first-order valence-corrected chi connectivity index (χ1v) is 9.15. The molecule has 2 aromatic carbocycles. The predicted molar refractivity (Wildman–Crippen MR) is 99.7 cm³/mol. The summed E-state index contributed by atoms with van der Waals surface area (Å²) in [7, 11) is 1.62. The summed E-state index contributed by atoms with van der Waals surface area (Å²) >= 11 is 0. The van der Waals surface area contributed by atoms with Crippen LogP contribution in [-0.2, 0) is 6.42 Å². The zero-order valence-electron chi connectivity index (χ0n) is 15.0. The highest BCUT2D eigenvalue weighted by Crippen LogP contribution is 2.44. The number of carbonyl (C=O) groups is 2. The van der Waals surface area contributed by atoms with Crippen molar-refractivity contribution in [3.05, 3.63) is 65.2 Å². The molecule has 134 valence electrons. The molecule has 1 amide bonds. The topological polar surface area (TPSA) is 46.6 Å². The van der Waals surface area contributed by atoms with E-state index in [2.05, 4.69) is 0 Å². The number of benzene rings is 2. The maximum Gasteiger partial charge on any atom is 0.253 e. The monoisotopic (exact) mass is 349 g/mol. The van der Waals surface area contributed by atoms with Crippen LogP contribution in [-0.4, -0.2) is 36.8 Å². The van der Waals surface area contributed by atoms with Crippen molar-refractivity contribution in [3.8, 4) is 5.75 Å². The Morgan fingerprint density at radius 3 is 2.46 bits per heavy atom. The molecule has 2 aliphatic rings. The number of methoxy groups -OCH3 is 1. The van der Waals surface area contributed by atoms with Crippen molar-refractivity contribution in [2.75, 3.05) is 20.2 Å². The van der Waals surface area contributed by atoms with Crippen molar-refractivity contribution in [3.63, 3.8) is 0 Å². The standard InChI is InChI=1S/C22H23NO3/c1-26-18-8-7-17-14-22(15-20(24)19(17)13-18)9-11-23(12-10-22)21(25)16-5-3-2-4-6-16/h2-8,13H,9-12,14-15H2,1H3. The number of nitrogens with zero attached hydrogens (tertiary/aromatic N) is 1. The number of hydrogen-bond donors (Lipinski definition) is 0. The maximum absolute atomic E-state index is 12.7. The van der Waals surface area contributed by atoms with Gasteiger partial charge in [-0.25, -0.2) is 0 Å². The van der Waals surface area contributed by atoms with E-state index in [0.29, 0.717) is 19.5 Å². The first-order chi connectivity index (χ1) is 12.6. The number of rotatable bonds is 2. The number of ether oxygens (including phenoxy) is 1. The fourth-order valence-electron chi connectivity index (χ4n) is 4.30. The number of amides is 1. The van der Waals surface area contributed by atoms with E-state index in [1.807, 2.05) is 53.4 Å². The van der Waals surface area contributed by atoms with E-state index >= 15 is 0 Å². The minimum Gasteiger partial charge on any atom is -0.497 e. The molecule has 2 aromatic rings. The van der Waals surface area contributed by atoms with E-state index in [0.717, 1.165) is 41.7 Å². The van der Waals surface area contributed by atoms with Gasteiger partial charge >= 0.3 is 0 Å². The van der Waals surface area contributed by atoms with E-state index in [4.69, 9.17) is 4.74 Å². The normalized spacial score (nSPS) is 18.5. The number of likely N-dealkylation sites (tertiary alicyclic amines) is 1. The van der Waals surface area contributed by atoms with E-state index < -0.39 is 0 Å². The van der Waals surface area contributed by atoms with Crippen LogP contribution in [0.5, 0.6) is 5.75 Å². The van der Waals surface area contributed by atoms with Gasteiger partial charge in [0.15, 0.2) is 5.78 Å².